The molecule has 8 nitrogen and oxygen atoms in total. The predicted molar refractivity (Wildman–Crippen MR) is 134 cm³/mol. The Morgan fingerprint density at radius 3 is 2.06 bits per heavy atom. The quantitative estimate of drug-likeness (QED) is 0.296. The summed E-state index contributed by atoms with van der Waals surface area (Å²) in [7, 11) is 0. The molecule has 0 radical (unpaired) electrons. The van der Waals surface area contributed by atoms with Gasteiger partial charge in [0, 0.05) is 32.2 Å². The molecule has 0 fully saturated rings. The van der Waals surface area contributed by atoms with E-state index in [4.69, 9.17) is 15.6 Å². The molecular weight excluding hydrogens is 490 g/mol. The summed E-state index contributed by atoms with van der Waals surface area (Å²) >= 11 is 0. The average Bonchev–Trinajstić information content (AvgIpc) is 3.14. The third-order valence-electron chi connectivity index (χ3n) is 4.69. The maximum absolute atomic E-state index is 11.6. The summed E-state index contributed by atoms with van der Waals surface area (Å²) < 4.78 is 9.92. The normalized spacial score (nSPS) is 11.0. The van der Waals surface area contributed by atoms with Crippen molar-refractivity contribution >= 4 is 29.2 Å². The molecule has 1 aliphatic carbocycles. The van der Waals surface area contributed by atoms with Crippen molar-refractivity contribution in [2.45, 2.75) is 12.3 Å². The van der Waals surface area contributed by atoms with Crippen molar-refractivity contribution < 1.29 is 24.2 Å². The Morgan fingerprint density at radius 1 is 0.970 bits per heavy atom. The SMILES string of the molecule is Br.C=CCOC(=O)NCCCO.NCCNC(=O)OCC1c2ccccc2-c2ccccc21. The van der Waals surface area contributed by atoms with Crippen LogP contribution in [0.15, 0.2) is 61.2 Å². The second-order valence-corrected chi connectivity index (χ2v) is 6.93. The predicted octanol–water partition coefficient (Wildman–Crippen LogP) is 3.34. The zero-order valence-electron chi connectivity index (χ0n) is 18.5. The molecule has 3 rings (SSSR count). The van der Waals surface area contributed by atoms with Crippen molar-refractivity contribution in [1.82, 2.24) is 10.6 Å². The van der Waals surface area contributed by atoms with E-state index in [9.17, 15) is 9.59 Å². The van der Waals surface area contributed by atoms with E-state index in [0.29, 0.717) is 32.7 Å². The monoisotopic (exact) mass is 521 g/mol. The number of rotatable bonds is 9. The van der Waals surface area contributed by atoms with Crippen LogP contribution in [0, 0.1) is 0 Å². The minimum absolute atomic E-state index is 0. The Labute approximate surface area is 204 Å². The first-order valence-corrected chi connectivity index (χ1v) is 10.5. The Bertz CT molecular complexity index is 848. The van der Waals surface area contributed by atoms with Gasteiger partial charge in [0.25, 0.3) is 0 Å². The number of benzene rings is 2. The number of alkyl carbamates (subject to hydrolysis) is 2. The van der Waals surface area contributed by atoms with E-state index in [0.717, 1.165) is 0 Å². The van der Waals surface area contributed by atoms with Gasteiger partial charge >= 0.3 is 12.2 Å². The topological polar surface area (TPSA) is 123 Å². The molecule has 0 aromatic heterocycles. The van der Waals surface area contributed by atoms with Crippen molar-refractivity contribution in [2.75, 3.05) is 39.5 Å². The second-order valence-electron chi connectivity index (χ2n) is 6.93. The molecule has 0 atom stereocenters. The van der Waals surface area contributed by atoms with Gasteiger partial charge < -0.3 is 30.9 Å². The highest BCUT2D eigenvalue weighted by molar-refractivity contribution is 8.93. The van der Waals surface area contributed by atoms with Gasteiger partial charge in [-0.25, -0.2) is 9.59 Å². The number of fused-ring (bicyclic) bond motifs is 3. The molecule has 2 amide bonds. The van der Waals surface area contributed by atoms with E-state index in [-0.39, 0.29) is 36.1 Å². The number of ether oxygens (including phenoxy) is 2. The molecule has 0 aliphatic heterocycles. The fraction of sp³-hybridized carbons (Fsp3) is 0.333. The number of aliphatic hydroxyl groups is 1. The largest absolute Gasteiger partial charge is 0.449 e. The third-order valence-corrected chi connectivity index (χ3v) is 4.69. The maximum Gasteiger partial charge on any atom is 0.407 e. The van der Waals surface area contributed by atoms with Crippen LogP contribution in [0.1, 0.15) is 23.5 Å². The molecule has 0 bridgehead atoms. The molecule has 5 N–H and O–H groups in total. The summed E-state index contributed by atoms with van der Waals surface area (Å²) in [5.74, 6) is 0.0982. The highest BCUT2D eigenvalue weighted by Gasteiger charge is 2.28. The number of hydrogen-bond donors (Lipinski definition) is 4. The van der Waals surface area contributed by atoms with Crippen LogP contribution in [-0.2, 0) is 9.47 Å². The van der Waals surface area contributed by atoms with E-state index in [2.05, 4.69) is 46.2 Å². The number of hydrogen-bond acceptors (Lipinski definition) is 6. The minimum Gasteiger partial charge on any atom is -0.449 e. The zero-order chi connectivity index (χ0) is 23.2. The summed E-state index contributed by atoms with van der Waals surface area (Å²) in [5.41, 5.74) is 10.2. The van der Waals surface area contributed by atoms with E-state index in [1.54, 1.807) is 0 Å². The highest BCUT2D eigenvalue weighted by Crippen LogP contribution is 2.44. The standard InChI is InChI=1S/C17H18N2O2.C7H13NO3.BrH/c18-9-10-19-17(20)21-11-16-14-7-3-1-5-12(14)13-6-2-4-8-15(13)16;1-2-6-11-7(10)8-4-3-5-9;/h1-8,16H,9-11,18H2,(H,19,20);2,9H,1,3-6H2,(H,8,10);1H. The van der Waals surface area contributed by atoms with Gasteiger partial charge in [-0.1, -0.05) is 61.2 Å². The van der Waals surface area contributed by atoms with Crippen LogP contribution in [0.25, 0.3) is 11.1 Å². The van der Waals surface area contributed by atoms with Crippen LogP contribution in [0.5, 0.6) is 0 Å². The molecule has 0 heterocycles. The van der Waals surface area contributed by atoms with Crippen LogP contribution in [0.4, 0.5) is 9.59 Å². The summed E-state index contributed by atoms with van der Waals surface area (Å²) in [6.07, 6.45) is 1.15. The lowest BCUT2D eigenvalue weighted by atomic mass is 9.98. The first-order chi connectivity index (χ1) is 15.6. The van der Waals surface area contributed by atoms with Crippen molar-refractivity contribution in [2.24, 2.45) is 5.73 Å². The average molecular weight is 522 g/mol. The number of nitrogens with one attached hydrogen (secondary N) is 2. The minimum atomic E-state index is -0.474. The van der Waals surface area contributed by atoms with E-state index < -0.39 is 12.2 Å². The van der Waals surface area contributed by atoms with Gasteiger partial charge in [0.05, 0.1) is 0 Å². The molecule has 0 saturated heterocycles. The van der Waals surface area contributed by atoms with E-state index in [1.165, 1.54) is 28.3 Å². The summed E-state index contributed by atoms with van der Waals surface area (Å²) in [6.45, 7) is 5.28. The van der Waals surface area contributed by atoms with E-state index in [1.807, 2.05) is 24.3 Å². The van der Waals surface area contributed by atoms with Crippen molar-refractivity contribution in [3.63, 3.8) is 0 Å². The first-order valence-electron chi connectivity index (χ1n) is 10.5. The summed E-state index contributed by atoms with van der Waals surface area (Å²) in [4.78, 5) is 22.2. The van der Waals surface area contributed by atoms with Gasteiger partial charge in [0.2, 0.25) is 0 Å². The Kier molecular flexibility index (Phi) is 13.5. The third kappa shape index (κ3) is 8.88. The van der Waals surface area contributed by atoms with E-state index >= 15 is 0 Å². The highest BCUT2D eigenvalue weighted by atomic mass is 79.9. The Balaban J connectivity index is 0.000000391. The van der Waals surface area contributed by atoms with Gasteiger partial charge in [-0.15, -0.1) is 17.0 Å². The number of nitrogens with two attached hydrogens (primary N) is 1. The van der Waals surface area contributed by atoms with Crippen molar-refractivity contribution in [3.8, 4) is 11.1 Å². The van der Waals surface area contributed by atoms with Crippen LogP contribution in [0.3, 0.4) is 0 Å². The molecule has 0 spiro atoms. The molecule has 2 aromatic rings. The fourth-order valence-electron chi connectivity index (χ4n) is 3.28. The zero-order valence-corrected chi connectivity index (χ0v) is 20.2. The number of carbonyl (C=O) groups excluding carboxylic acids is 2. The van der Waals surface area contributed by atoms with Crippen LogP contribution >= 0.6 is 17.0 Å². The van der Waals surface area contributed by atoms with Crippen molar-refractivity contribution in [1.29, 1.82) is 0 Å². The molecule has 0 unspecified atom stereocenters. The lowest BCUT2D eigenvalue weighted by molar-refractivity contribution is 0.143. The van der Waals surface area contributed by atoms with Gasteiger partial charge in [-0.2, -0.15) is 0 Å². The van der Waals surface area contributed by atoms with Gasteiger partial charge in [-0.3, -0.25) is 0 Å². The summed E-state index contributed by atoms with van der Waals surface area (Å²) in [6, 6.07) is 16.5. The van der Waals surface area contributed by atoms with Crippen molar-refractivity contribution in [3.05, 3.63) is 72.3 Å². The molecule has 180 valence electrons. The molecule has 2 aromatic carbocycles. The van der Waals surface area contributed by atoms with Gasteiger partial charge in [0.15, 0.2) is 0 Å². The molecule has 0 saturated carbocycles. The molecule has 9 heteroatoms. The molecule has 1 aliphatic rings. The van der Waals surface area contributed by atoms with Crippen LogP contribution in [-0.4, -0.2) is 56.7 Å². The lowest BCUT2D eigenvalue weighted by Crippen LogP contribution is -2.30. The smallest absolute Gasteiger partial charge is 0.407 e. The number of amides is 2. The number of halogens is 1. The molecule has 33 heavy (non-hydrogen) atoms. The Morgan fingerprint density at radius 2 is 1.52 bits per heavy atom. The lowest BCUT2D eigenvalue weighted by Gasteiger charge is -2.14. The Hall–Kier alpha value is -2.88. The van der Waals surface area contributed by atoms with Gasteiger partial charge in [0.1, 0.15) is 13.2 Å². The number of aliphatic hydroxyl groups excluding tert-OH is 1. The maximum atomic E-state index is 11.6. The first kappa shape index (κ1) is 28.2. The van der Waals surface area contributed by atoms with Gasteiger partial charge in [-0.05, 0) is 28.7 Å². The second kappa shape index (κ2) is 15.8. The number of carbonyl (C=O) groups is 2. The van der Waals surface area contributed by atoms with Crippen LogP contribution in [0.2, 0.25) is 0 Å². The fourth-order valence-corrected chi connectivity index (χ4v) is 3.28. The molecular formula is C24H32BrN3O5. The summed E-state index contributed by atoms with van der Waals surface area (Å²) in [5, 5.41) is 13.4. The van der Waals surface area contributed by atoms with Crippen LogP contribution < -0.4 is 16.4 Å².